The van der Waals surface area contributed by atoms with Gasteiger partial charge >= 0.3 is 6.03 Å². The Bertz CT molecular complexity index is 1390. The van der Waals surface area contributed by atoms with Crippen LogP contribution in [-0.2, 0) is 21.6 Å². The fourth-order valence-electron chi connectivity index (χ4n) is 3.75. The second kappa shape index (κ2) is 9.88. The third-order valence-corrected chi connectivity index (χ3v) is 5.82. The van der Waals surface area contributed by atoms with Gasteiger partial charge in [0, 0.05) is 5.56 Å². The first-order valence-electron chi connectivity index (χ1n) is 11.4. The molecule has 1 heterocycles. The number of rotatable bonds is 5. The summed E-state index contributed by atoms with van der Waals surface area (Å²) in [6.45, 7) is 6.45. The molecule has 0 spiro atoms. The standard InChI is InChI=1S/C29H25N3O4/c1-29(2,3)22-10-12-23(13-11-22)32-27(34)25(26(33)31-28(32)35)16-19-8-14-24(15-9-19)36-18-21-7-5-4-6-20(21)17-30/h4-16H,18H2,1-3H3,(H,31,33,35)/b25-16-. The molecule has 0 saturated carbocycles. The van der Waals surface area contributed by atoms with E-state index in [1.54, 1.807) is 48.5 Å². The molecule has 0 aliphatic carbocycles. The number of carbonyl (C=O) groups excluding carboxylic acids is 3. The Kier molecular flexibility index (Phi) is 6.71. The Morgan fingerprint density at radius 1 is 0.944 bits per heavy atom. The first kappa shape index (κ1) is 24.4. The van der Waals surface area contributed by atoms with E-state index in [0.717, 1.165) is 16.0 Å². The summed E-state index contributed by atoms with van der Waals surface area (Å²) < 4.78 is 5.77. The molecule has 1 N–H and O–H groups in total. The molecule has 0 unspecified atom stereocenters. The lowest BCUT2D eigenvalue weighted by molar-refractivity contribution is -0.122. The van der Waals surface area contributed by atoms with Crippen LogP contribution in [0.5, 0.6) is 5.75 Å². The average molecular weight is 480 g/mol. The van der Waals surface area contributed by atoms with E-state index in [9.17, 15) is 19.6 Å². The van der Waals surface area contributed by atoms with Crippen LogP contribution in [0.1, 0.15) is 43.0 Å². The molecule has 0 atom stereocenters. The van der Waals surface area contributed by atoms with Crippen LogP contribution in [0.15, 0.2) is 78.4 Å². The fourth-order valence-corrected chi connectivity index (χ4v) is 3.75. The second-order valence-electron chi connectivity index (χ2n) is 9.38. The largest absolute Gasteiger partial charge is 0.489 e. The highest BCUT2D eigenvalue weighted by Crippen LogP contribution is 2.27. The van der Waals surface area contributed by atoms with Gasteiger partial charge in [-0.2, -0.15) is 5.26 Å². The molecule has 36 heavy (non-hydrogen) atoms. The van der Waals surface area contributed by atoms with E-state index in [4.69, 9.17) is 4.74 Å². The summed E-state index contributed by atoms with van der Waals surface area (Å²) in [6.07, 6.45) is 1.44. The minimum atomic E-state index is -0.785. The molecular formula is C29H25N3O4. The number of ether oxygens (including phenoxy) is 1. The molecule has 4 amide bonds. The van der Waals surface area contributed by atoms with Crippen LogP contribution in [0.4, 0.5) is 10.5 Å². The number of carbonyl (C=O) groups is 3. The van der Waals surface area contributed by atoms with E-state index in [0.29, 0.717) is 22.6 Å². The molecule has 180 valence electrons. The van der Waals surface area contributed by atoms with Crippen molar-refractivity contribution in [2.45, 2.75) is 32.8 Å². The lowest BCUT2D eigenvalue weighted by Crippen LogP contribution is -2.54. The SMILES string of the molecule is CC(C)(C)c1ccc(N2C(=O)NC(=O)/C(=C/c3ccc(OCc4ccccc4C#N)cc3)C2=O)cc1. The van der Waals surface area contributed by atoms with Crippen molar-refractivity contribution < 1.29 is 19.1 Å². The molecule has 0 bridgehead atoms. The third kappa shape index (κ3) is 5.18. The number of barbiturate groups is 1. The zero-order valence-electron chi connectivity index (χ0n) is 20.2. The molecule has 0 aromatic heterocycles. The van der Waals surface area contributed by atoms with Crippen molar-refractivity contribution in [3.05, 3.63) is 101 Å². The van der Waals surface area contributed by atoms with Crippen molar-refractivity contribution >= 4 is 29.6 Å². The number of hydrogen-bond donors (Lipinski definition) is 1. The third-order valence-electron chi connectivity index (χ3n) is 5.82. The van der Waals surface area contributed by atoms with Crippen LogP contribution < -0.4 is 15.0 Å². The molecule has 3 aromatic rings. The first-order chi connectivity index (χ1) is 17.2. The summed E-state index contributed by atoms with van der Waals surface area (Å²) in [6, 6.07) is 22.5. The highest BCUT2D eigenvalue weighted by molar-refractivity contribution is 6.39. The Balaban J connectivity index is 1.52. The van der Waals surface area contributed by atoms with E-state index in [2.05, 4.69) is 32.2 Å². The van der Waals surface area contributed by atoms with Gasteiger partial charge in [0.15, 0.2) is 0 Å². The maximum Gasteiger partial charge on any atom is 0.335 e. The fraction of sp³-hybridized carbons (Fsp3) is 0.172. The zero-order chi connectivity index (χ0) is 25.9. The van der Waals surface area contributed by atoms with Gasteiger partial charge in [-0.25, -0.2) is 9.69 Å². The lowest BCUT2D eigenvalue weighted by Gasteiger charge is -2.27. The van der Waals surface area contributed by atoms with Crippen molar-refractivity contribution in [3.63, 3.8) is 0 Å². The lowest BCUT2D eigenvalue weighted by atomic mass is 9.87. The van der Waals surface area contributed by atoms with Crippen molar-refractivity contribution in [3.8, 4) is 11.8 Å². The van der Waals surface area contributed by atoms with Gasteiger partial charge < -0.3 is 4.74 Å². The summed E-state index contributed by atoms with van der Waals surface area (Å²) in [5.41, 5.74) is 3.13. The molecule has 1 aliphatic rings. The molecule has 1 fully saturated rings. The molecular weight excluding hydrogens is 454 g/mol. The van der Waals surface area contributed by atoms with Crippen molar-refractivity contribution in [2.75, 3.05) is 4.90 Å². The topological polar surface area (TPSA) is 99.5 Å². The summed E-state index contributed by atoms with van der Waals surface area (Å²) in [5.74, 6) is -0.873. The maximum absolute atomic E-state index is 13.1. The molecule has 3 aromatic carbocycles. The number of amides is 4. The van der Waals surface area contributed by atoms with Crippen LogP contribution in [0.3, 0.4) is 0 Å². The van der Waals surface area contributed by atoms with Gasteiger partial charge in [-0.3, -0.25) is 14.9 Å². The Labute approximate surface area is 209 Å². The number of nitriles is 1. The molecule has 4 rings (SSSR count). The van der Waals surface area contributed by atoms with Crippen LogP contribution in [0.2, 0.25) is 0 Å². The summed E-state index contributed by atoms with van der Waals surface area (Å²) in [4.78, 5) is 39.1. The van der Waals surface area contributed by atoms with Gasteiger partial charge in [-0.1, -0.05) is 63.2 Å². The average Bonchev–Trinajstić information content (AvgIpc) is 2.86. The number of hydrogen-bond acceptors (Lipinski definition) is 5. The highest BCUT2D eigenvalue weighted by atomic mass is 16.5. The quantitative estimate of drug-likeness (QED) is 0.405. The number of imide groups is 2. The van der Waals surface area contributed by atoms with Gasteiger partial charge in [-0.15, -0.1) is 0 Å². The minimum absolute atomic E-state index is 0.0806. The molecule has 7 nitrogen and oxygen atoms in total. The smallest absolute Gasteiger partial charge is 0.335 e. The normalized spacial score (nSPS) is 15.0. The molecule has 7 heteroatoms. The van der Waals surface area contributed by atoms with E-state index in [-0.39, 0.29) is 17.6 Å². The summed E-state index contributed by atoms with van der Waals surface area (Å²) in [5, 5.41) is 11.4. The van der Waals surface area contributed by atoms with E-state index in [1.807, 2.05) is 24.3 Å². The zero-order valence-corrected chi connectivity index (χ0v) is 20.2. The van der Waals surface area contributed by atoms with Crippen LogP contribution >= 0.6 is 0 Å². The van der Waals surface area contributed by atoms with Gasteiger partial charge in [0.1, 0.15) is 17.9 Å². The Morgan fingerprint density at radius 3 is 2.25 bits per heavy atom. The Morgan fingerprint density at radius 2 is 1.61 bits per heavy atom. The summed E-state index contributed by atoms with van der Waals surface area (Å²) >= 11 is 0. The van der Waals surface area contributed by atoms with E-state index in [1.165, 1.54) is 6.08 Å². The van der Waals surface area contributed by atoms with Gasteiger partial charge in [0.25, 0.3) is 11.8 Å². The van der Waals surface area contributed by atoms with Gasteiger partial charge in [0.2, 0.25) is 0 Å². The van der Waals surface area contributed by atoms with Gasteiger partial charge in [0.05, 0.1) is 17.3 Å². The molecule has 0 radical (unpaired) electrons. The van der Waals surface area contributed by atoms with Crippen molar-refractivity contribution in [1.82, 2.24) is 5.32 Å². The predicted octanol–water partition coefficient (Wildman–Crippen LogP) is 5.10. The Hall–Kier alpha value is -4.70. The number of urea groups is 1. The number of benzene rings is 3. The van der Waals surface area contributed by atoms with E-state index >= 15 is 0 Å². The van der Waals surface area contributed by atoms with Gasteiger partial charge in [-0.05, 0) is 52.9 Å². The second-order valence-corrected chi connectivity index (χ2v) is 9.38. The van der Waals surface area contributed by atoms with Crippen molar-refractivity contribution in [2.24, 2.45) is 0 Å². The van der Waals surface area contributed by atoms with Crippen LogP contribution in [-0.4, -0.2) is 17.8 Å². The monoisotopic (exact) mass is 479 g/mol. The maximum atomic E-state index is 13.1. The number of nitrogens with one attached hydrogen (secondary N) is 1. The van der Waals surface area contributed by atoms with Crippen LogP contribution in [0, 0.1) is 11.3 Å². The number of nitrogens with zero attached hydrogens (tertiary/aromatic N) is 2. The first-order valence-corrected chi connectivity index (χ1v) is 11.4. The van der Waals surface area contributed by atoms with Crippen LogP contribution in [0.25, 0.3) is 6.08 Å². The predicted molar refractivity (Wildman–Crippen MR) is 136 cm³/mol. The molecule has 1 saturated heterocycles. The minimum Gasteiger partial charge on any atom is -0.489 e. The van der Waals surface area contributed by atoms with E-state index < -0.39 is 17.8 Å². The highest BCUT2D eigenvalue weighted by Gasteiger charge is 2.36. The molecule has 1 aliphatic heterocycles. The number of anilines is 1. The van der Waals surface area contributed by atoms with Crippen molar-refractivity contribution in [1.29, 1.82) is 5.26 Å². The summed E-state index contributed by atoms with van der Waals surface area (Å²) in [7, 11) is 0.